The van der Waals surface area contributed by atoms with Gasteiger partial charge < -0.3 is 10.0 Å². The first-order valence-corrected chi connectivity index (χ1v) is 10.4. The van der Waals surface area contributed by atoms with Crippen LogP contribution < -0.4 is 15.1 Å². The number of anilines is 2. The predicted molar refractivity (Wildman–Crippen MR) is 116 cm³/mol. The molecule has 1 saturated heterocycles. The number of nitrogens with zero attached hydrogens (tertiary/aromatic N) is 3. The van der Waals surface area contributed by atoms with Crippen LogP contribution in [0.5, 0.6) is 0 Å². The van der Waals surface area contributed by atoms with Crippen molar-refractivity contribution in [2.45, 2.75) is 37.2 Å². The van der Waals surface area contributed by atoms with Gasteiger partial charge in [-0.05, 0) is 68.9 Å². The average Bonchev–Trinajstić information content (AvgIpc) is 2.98. The molecular weight excluding hydrogens is 460 g/mol. The zero-order valence-electron chi connectivity index (χ0n) is 17.3. The summed E-state index contributed by atoms with van der Waals surface area (Å²) in [4.78, 5) is 15.9. The van der Waals surface area contributed by atoms with Crippen LogP contribution in [0.4, 0.5) is 28.9 Å². The largest absolute Gasteiger partial charge is 0.417 e. The molecule has 0 bridgehead atoms. The van der Waals surface area contributed by atoms with Crippen molar-refractivity contribution in [2.75, 3.05) is 16.8 Å². The first-order chi connectivity index (χ1) is 15.5. The Bertz CT molecular complexity index is 1190. The number of nitrogens with one attached hydrogen (secondary N) is 1. The van der Waals surface area contributed by atoms with E-state index >= 15 is 0 Å². The number of hydrogen-bond acceptors (Lipinski definition) is 5. The SMILES string of the molecule is CNC(O)c1ccc(N2C(=S)N(c3ccc(C#N)c(C(F)(F)F)c3)C(=O)C23CCC3)cc1F. The molecule has 1 atom stereocenters. The molecule has 2 aromatic rings. The van der Waals surface area contributed by atoms with E-state index < -0.39 is 40.8 Å². The van der Waals surface area contributed by atoms with Crippen molar-refractivity contribution in [3.63, 3.8) is 0 Å². The first-order valence-electron chi connectivity index (χ1n) is 10.00. The number of halogens is 4. The molecule has 1 heterocycles. The lowest BCUT2D eigenvalue weighted by Gasteiger charge is -2.43. The van der Waals surface area contributed by atoms with Gasteiger partial charge in [0.2, 0.25) is 0 Å². The van der Waals surface area contributed by atoms with Gasteiger partial charge in [-0.3, -0.25) is 15.0 Å². The Balaban J connectivity index is 1.79. The summed E-state index contributed by atoms with van der Waals surface area (Å²) in [6, 6.07) is 8.47. The molecule has 1 unspecified atom stereocenters. The first kappa shape index (κ1) is 23.1. The molecule has 11 heteroatoms. The van der Waals surface area contributed by atoms with E-state index in [2.05, 4.69) is 5.32 Å². The maximum absolute atomic E-state index is 14.7. The van der Waals surface area contributed by atoms with Crippen LogP contribution >= 0.6 is 12.2 Å². The van der Waals surface area contributed by atoms with Gasteiger partial charge in [0, 0.05) is 11.3 Å². The molecule has 4 rings (SSSR count). The highest BCUT2D eigenvalue weighted by Crippen LogP contribution is 2.48. The second kappa shape index (κ2) is 8.06. The van der Waals surface area contributed by atoms with Crippen molar-refractivity contribution in [3.8, 4) is 6.07 Å². The minimum absolute atomic E-state index is 0.000816. The second-order valence-electron chi connectivity index (χ2n) is 7.88. The number of rotatable bonds is 4. The quantitative estimate of drug-likeness (QED) is 0.393. The summed E-state index contributed by atoms with van der Waals surface area (Å²) in [5.41, 5.74) is -2.73. The van der Waals surface area contributed by atoms with Gasteiger partial charge in [0.25, 0.3) is 5.91 Å². The number of aliphatic hydroxyl groups excluding tert-OH is 1. The molecular formula is C22H18F4N4O2S. The Kier molecular flexibility index (Phi) is 5.64. The minimum Gasteiger partial charge on any atom is -0.374 e. The number of hydrogen-bond donors (Lipinski definition) is 2. The summed E-state index contributed by atoms with van der Waals surface area (Å²) in [5, 5.41) is 21.4. The molecule has 2 fully saturated rings. The number of nitriles is 1. The van der Waals surface area contributed by atoms with Crippen LogP contribution in [0.3, 0.4) is 0 Å². The highest BCUT2D eigenvalue weighted by molar-refractivity contribution is 7.81. The van der Waals surface area contributed by atoms with Crippen molar-refractivity contribution in [1.82, 2.24) is 5.32 Å². The van der Waals surface area contributed by atoms with Crippen LogP contribution in [0.15, 0.2) is 36.4 Å². The summed E-state index contributed by atoms with van der Waals surface area (Å²) in [5.74, 6) is -1.23. The normalized spacial score (nSPS) is 18.5. The molecule has 1 aliphatic carbocycles. The van der Waals surface area contributed by atoms with Crippen LogP contribution in [-0.4, -0.2) is 28.7 Å². The highest BCUT2D eigenvalue weighted by atomic mass is 32.1. The number of amides is 1. The number of alkyl halides is 3. The van der Waals surface area contributed by atoms with E-state index in [0.29, 0.717) is 19.3 Å². The van der Waals surface area contributed by atoms with Gasteiger partial charge in [-0.1, -0.05) is 6.07 Å². The summed E-state index contributed by atoms with van der Waals surface area (Å²) in [6.45, 7) is 0. The lowest BCUT2D eigenvalue weighted by atomic mass is 9.75. The smallest absolute Gasteiger partial charge is 0.374 e. The lowest BCUT2D eigenvalue weighted by molar-refractivity contribution is -0.137. The van der Waals surface area contributed by atoms with Gasteiger partial charge in [0.05, 0.1) is 22.9 Å². The molecule has 2 N–H and O–H groups in total. The fourth-order valence-electron chi connectivity index (χ4n) is 4.24. The predicted octanol–water partition coefficient (Wildman–Crippen LogP) is 3.99. The maximum Gasteiger partial charge on any atom is 0.417 e. The zero-order chi connectivity index (χ0) is 24.1. The van der Waals surface area contributed by atoms with Crippen molar-refractivity contribution in [3.05, 3.63) is 58.9 Å². The van der Waals surface area contributed by atoms with Gasteiger partial charge >= 0.3 is 6.18 Å². The molecule has 2 aromatic carbocycles. The molecule has 1 amide bonds. The molecule has 2 aliphatic rings. The summed E-state index contributed by atoms with van der Waals surface area (Å²) < 4.78 is 55.1. The van der Waals surface area contributed by atoms with Gasteiger partial charge in [-0.25, -0.2) is 4.39 Å². The fraction of sp³-hybridized carbons (Fsp3) is 0.318. The van der Waals surface area contributed by atoms with Crippen LogP contribution in [0, 0.1) is 17.1 Å². The molecule has 0 aromatic heterocycles. The van der Waals surface area contributed by atoms with E-state index in [1.807, 2.05) is 0 Å². The van der Waals surface area contributed by atoms with E-state index in [1.165, 1.54) is 36.2 Å². The van der Waals surface area contributed by atoms with Crippen LogP contribution in [0.2, 0.25) is 0 Å². The van der Waals surface area contributed by atoms with Crippen LogP contribution in [-0.2, 0) is 11.0 Å². The number of benzene rings is 2. The third-order valence-electron chi connectivity index (χ3n) is 6.09. The molecule has 1 saturated carbocycles. The minimum atomic E-state index is -4.80. The summed E-state index contributed by atoms with van der Waals surface area (Å²) in [6.07, 6.45) is -4.55. The monoisotopic (exact) mass is 478 g/mol. The van der Waals surface area contributed by atoms with Crippen molar-refractivity contribution >= 4 is 34.6 Å². The van der Waals surface area contributed by atoms with Gasteiger partial charge in [-0.2, -0.15) is 18.4 Å². The van der Waals surface area contributed by atoms with E-state index in [0.717, 1.165) is 23.1 Å². The third-order valence-corrected chi connectivity index (χ3v) is 6.46. The van der Waals surface area contributed by atoms with Gasteiger partial charge in [0.1, 0.15) is 17.6 Å². The molecule has 6 nitrogen and oxygen atoms in total. The van der Waals surface area contributed by atoms with E-state index in [1.54, 1.807) is 0 Å². The Hall–Kier alpha value is -3.07. The van der Waals surface area contributed by atoms with Crippen LogP contribution in [0.25, 0.3) is 0 Å². The van der Waals surface area contributed by atoms with Gasteiger partial charge in [-0.15, -0.1) is 0 Å². The third kappa shape index (κ3) is 3.55. The van der Waals surface area contributed by atoms with E-state index in [-0.39, 0.29) is 22.1 Å². The topological polar surface area (TPSA) is 79.6 Å². The van der Waals surface area contributed by atoms with E-state index in [4.69, 9.17) is 17.5 Å². The maximum atomic E-state index is 14.7. The molecule has 0 radical (unpaired) electrons. The molecule has 1 spiro atoms. The number of aliphatic hydroxyl groups is 1. The fourth-order valence-corrected chi connectivity index (χ4v) is 4.71. The lowest BCUT2D eigenvalue weighted by Crippen LogP contribution is -2.55. The number of thiocarbonyl (C=S) groups is 1. The highest BCUT2D eigenvalue weighted by Gasteiger charge is 2.59. The molecule has 33 heavy (non-hydrogen) atoms. The van der Waals surface area contributed by atoms with Crippen molar-refractivity contribution in [1.29, 1.82) is 5.26 Å². The molecule has 172 valence electrons. The Labute approximate surface area is 192 Å². The zero-order valence-corrected chi connectivity index (χ0v) is 18.1. The number of carbonyl (C=O) groups excluding carboxylic acids is 1. The number of carbonyl (C=O) groups is 1. The Morgan fingerprint density at radius 2 is 1.88 bits per heavy atom. The van der Waals surface area contributed by atoms with Crippen molar-refractivity contribution < 1.29 is 27.5 Å². The van der Waals surface area contributed by atoms with E-state index in [9.17, 15) is 27.5 Å². The Morgan fingerprint density at radius 3 is 2.39 bits per heavy atom. The average molecular weight is 478 g/mol. The standard InChI is InChI=1S/C22H18F4N4O2S/c1-28-18(31)15-6-5-14(10-17(15)23)30-20(33)29(19(32)21(30)7-2-8-21)13-4-3-12(11-27)16(9-13)22(24,25)26/h3-6,9-10,18,28,31H,2,7-8H2,1H3. The van der Waals surface area contributed by atoms with Crippen LogP contribution in [0.1, 0.15) is 42.2 Å². The Morgan fingerprint density at radius 1 is 1.21 bits per heavy atom. The second-order valence-corrected chi connectivity index (χ2v) is 8.25. The molecule has 1 aliphatic heterocycles. The summed E-state index contributed by atoms with van der Waals surface area (Å²) >= 11 is 5.50. The van der Waals surface area contributed by atoms with Crippen molar-refractivity contribution in [2.24, 2.45) is 0 Å². The van der Waals surface area contributed by atoms with Gasteiger partial charge in [0.15, 0.2) is 5.11 Å². The summed E-state index contributed by atoms with van der Waals surface area (Å²) in [7, 11) is 1.46.